The molecule has 4 rings (SSSR count). The van der Waals surface area contributed by atoms with Crippen LogP contribution in [0.25, 0.3) is 17.1 Å². The van der Waals surface area contributed by atoms with E-state index in [0.29, 0.717) is 36.1 Å². The van der Waals surface area contributed by atoms with Crippen LogP contribution in [0.15, 0.2) is 42.7 Å². The Bertz CT molecular complexity index is 1020. The third-order valence-corrected chi connectivity index (χ3v) is 4.82. The van der Waals surface area contributed by atoms with Crippen molar-refractivity contribution in [3.8, 4) is 23.1 Å². The first-order valence-electron chi connectivity index (χ1n) is 9.78. The summed E-state index contributed by atoms with van der Waals surface area (Å²) in [4.78, 5) is 13.1. The minimum Gasteiger partial charge on any atom is -0.461 e. The molecular formula is C21H23FN4O5. The zero-order valence-corrected chi connectivity index (χ0v) is 16.9. The first-order valence-corrected chi connectivity index (χ1v) is 9.78. The Morgan fingerprint density at radius 2 is 1.90 bits per heavy atom. The highest BCUT2D eigenvalue weighted by Crippen LogP contribution is 2.33. The lowest BCUT2D eigenvalue weighted by atomic mass is 9.94. The zero-order valence-electron chi connectivity index (χ0n) is 16.9. The van der Waals surface area contributed by atoms with Crippen LogP contribution in [0.1, 0.15) is 19.0 Å². The molecule has 1 aliphatic rings. The van der Waals surface area contributed by atoms with Crippen LogP contribution in [0, 0.1) is 11.2 Å². The second-order valence-electron chi connectivity index (χ2n) is 7.55. The van der Waals surface area contributed by atoms with Crippen molar-refractivity contribution in [2.45, 2.75) is 13.2 Å². The van der Waals surface area contributed by atoms with Gasteiger partial charge < -0.3 is 24.4 Å². The lowest BCUT2D eigenvalue weighted by molar-refractivity contribution is -0.240. The van der Waals surface area contributed by atoms with Crippen molar-refractivity contribution in [3.63, 3.8) is 0 Å². The minimum atomic E-state index is -0.786. The Balaban J connectivity index is 1.71. The molecule has 3 aromatic rings. The van der Waals surface area contributed by atoms with Gasteiger partial charge in [0.1, 0.15) is 18.2 Å². The second kappa shape index (κ2) is 9.06. The molecule has 0 amide bonds. The number of hydrogen-bond acceptors (Lipinski definition) is 8. The van der Waals surface area contributed by atoms with E-state index in [2.05, 4.69) is 15.0 Å². The van der Waals surface area contributed by atoms with Gasteiger partial charge in [-0.3, -0.25) is 4.57 Å². The van der Waals surface area contributed by atoms with E-state index in [1.54, 1.807) is 29.0 Å². The molecule has 1 aromatic carbocycles. The molecule has 0 aliphatic carbocycles. The van der Waals surface area contributed by atoms with Gasteiger partial charge in [-0.25, -0.2) is 14.4 Å². The van der Waals surface area contributed by atoms with Crippen molar-refractivity contribution < 1.29 is 28.8 Å². The first-order chi connectivity index (χ1) is 15.0. The van der Waals surface area contributed by atoms with Gasteiger partial charge in [0.2, 0.25) is 6.29 Å². The van der Waals surface area contributed by atoms with E-state index in [-0.39, 0.29) is 31.6 Å². The molecule has 164 valence electrons. The van der Waals surface area contributed by atoms with Crippen LogP contribution in [0.3, 0.4) is 0 Å². The molecule has 1 saturated heterocycles. The molecule has 0 atom stereocenters. The standard InChI is InChI=1S/C21H23FN4O5/c1-21(11-28)12-30-19(31-13-21)18-24-16(14-2-4-15(22)5-3-14)10-26(18)17-6-7-23-20(25-17)29-9-8-27/h2-7,10,19,27-28H,8-9,11-13H2,1H3. The van der Waals surface area contributed by atoms with Gasteiger partial charge in [0.15, 0.2) is 5.82 Å². The van der Waals surface area contributed by atoms with Gasteiger partial charge in [-0.2, -0.15) is 4.98 Å². The summed E-state index contributed by atoms with van der Waals surface area (Å²) in [7, 11) is 0. The highest BCUT2D eigenvalue weighted by molar-refractivity contribution is 5.59. The Morgan fingerprint density at radius 3 is 2.58 bits per heavy atom. The average molecular weight is 430 g/mol. The summed E-state index contributed by atoms with van der Waals surface area (Å²) in [5, 5.41) is 18.5. The summed E-state index contributed by atoms with van der Waals surface area (Å²) in [6.45, 7) is 2.30. The minimum absolute atomic E-state index is 0.0630. The van der Waals surface area contributed by atoms with E-state index >= 15 is 0 Å². The number of rotatable bonds is 7. The van der Waals surface area contributed by atoms with E-state index in [1.807, 2.05) is 6.92 Å². The number of hydrogen-bond donors (Lipinski definition) is 2. The molecule has 10 heteroatoms. The number of nitrogens with zero attached hydrogens (tertiary/aromatic N) is 4. The van der Waals surface area contributed by atoms with E-state index in [1.165, 1.54) is 18.3 Å². The predicted octanol–water partition coefficient (Wildman–Crippen LogP) is 1.88. The van der Waals surface area contributed by atoms with Gasteiger partial charge >= 0.3 is 6.01 Å². The molecule has 2 N–H and O–H groups in total. The SMILES string of the molecule is CC1(CO)COC(c2nc(-c3ccc(F)cc3)cn2-c2ccnc(OCCO)n2)OC1. The molecule has 31 heavy (non-hydrogen) atoms. The van der Waals surface area contributed by atoms with Crippen LogP contribution in [0.4, 0.5) is 4.39 Å². The lowest BCUT2D eigenvalue weighted by Gasteiger charge is -2.35. The van der Waals surface area contributed by atoms with E-state index in [4.69, 9.17) is 19.3 Å². The molecule has 2 aromatic heterocycles. The molecule has 0 radical (unpaired) electrons. The maximum Gasteiger partial charge on any atom is 0.318 e. The molecule has 0 saturated carbocycles. The molecule has 0 spiro atoms. The van der Waals surface area contributed by atoms with Crippen molar-refractivity contribution in [2.24, 2.45) is 5.41 Å². The van der Waals surface area contributed by atoms with Crippen LogP contribution in [0.2, 0.25) is 0 Å². The third-order valence-electron chi connectivity index (χ3n) is 4.82. The largest absolute Gasteiger partial charge is 0.461 e. The number of benzene rings is 1. The van der Waals surface area contributed by atoms with E-state index in [0.717, 1.165) is 0 Å². The smallest absolute Gasteiger partial charge is 0.318 e. The van der Waals surface area contributed by atoms with E-state index < -0.39 is 11.7 Å². The van der Waals surface area contributed by atoms with Crippen molar-refractivity contribution >= 4 is 0 Å². The molecule has 0 bridgehead atoms. The molecule has 1 aliphatic heterocycles. The zero-order chi connectivity index (χ0) is 21.8. The van der Waals surface area contributed by atoms with Crippen LogP contribution in [0.5, 0.6) is 6.01 Å². The highest BCUT2D eigenvalue weighted by Gasteiger charge is 2.35. The number of ether oxygens (including phenoxy) is 3. The maximum atomic E-state index is 13.4. The fraction of sp³-hybridized carbons (Fsp3) is 0.381. The van der Waals surface area contributed by atoms with Gasteiger partial charge in [-0.05, 0) is 24.3 Å². The van der Waals surface area contributed by atoms with Gasteiger partial charge in [0, 0.05) is 29.4 Å². The number of imidazole rings is 1. The van der Waals surface area contributed by atoms with Crippen LogP contribution >= 0.6 is 0 Å². The average Bonchev–Trinajstić information content (AvgIpc) is 3.24. The fourth-order valence-corrected chi connectivity index (χ4v) is 3.06. The topological polar surface area (TPSA) is 112 Å². The van der Waals surface area contributed by atoms with Gasteiger partial charge in [-0.15, -0.1) is 0 Å². The number of halogens is 1. The lowest BCUT2D eigenvalue weighted by Crippen LogP contribution is -2.39. The van der Waals surface area contributed by atoms with Gasteiger partial charge in [0.25, 0.3) is 0 Å². The van der Waals surface area contributed by atoms with Gasteiger partial charge in [-0.1, -0.05) is 6.92 Å². The third kappa shape index (κ3) is 4.72. The second-order valence-corrected chi connectivity index (χ2v) is 7.55. The Hall–Kier alpha value is -2.92. The fourth-order valence-electron chi connectivity index (χ4n) is 3.06. The van der Waals surface area contributed by atoms with Crippen LogP contribution in [-0.2, 0) is 9.47 Å². The van der Waals surface area contributed by atoms with E-state index in [9.17, 15) is 9.50 Å². The van der Waals surface area contributed by atoms with Crippen LogP contribution < -0.4 is 4.74 Å². The number of aromatic nitrogens is 4. The number of aliphatic hydroxyl groups is 2. The Labute approximate surface area is 178 Å². The Kier molecular flexibility index (Phi) is 6.23. The van der Waals surface area contributed by atoms with Crippen molar-refractivity contribution in [3.05, 3.63) is 54.4 Å². The van der Waals surface area contributed by atoms with Gasteiger partial charge in [0.05, 0.1) is 32.1 Å². The van der Waals surface area contributed by atoms with Crippen LogP contribution in [-0.4, -0.2) is 62.8 Å². The quantitative estimate of drug-likeness (QED) is 0.585. The molecule has 9 nitrogen and oxygen atoms in total. The molecule has 1 fully saturated rings. The van der Waals surface area contributed by atoms with Crippen molar-refractivity contribution in [1.82, 2.24) is 19.5 Å². The first kappa shape index (κ1) is 21.3. The maximum absolute atomic E-state index is 13.4. The molecular weight excluding hydrogens is 407 g/mol. The molecule has 0 unspecified atom stereocenters. The summed E-state index contributed by atoms with van der Waals surface area (Å²) in [6, 6.07) is 7.76. The predicted molar refractivity (Wildman–Crippen MR) is 107 cm³/mol. The summed E-state index contributed by atoms with van der Waals surface area (Å²) in [5.41, 5.74) is 0.797. The summed E-state index contributed by atoms with van der Waals surface area (Å²) < 4.78 is 32.1. The van der Waals surface area contributed by atoms with Crippen molar-refractivity contribution in [2.75, 3.05) is 33.0 Å². The molecule has 3 heterocycles. The van der Waals surface area contributed by atoms with Crippen molar-refractivity contribution in [1.29, 1.82) is 0 Å². The monoisotopic (exact) mass is 430 g/mol. The summed E-state index contributed by atoms with van der Waals surface area (Å²) in [5.74, 6) is 0.555. The normalized spacial score (nSPS) is 21.2. The highest BCUT2D eigenvalue weighted by atomic mass is 19.1. The summed E-state index contributed by atoms with van der Waals surface area (Å²) >= 11 is 0. The summed E-state index contributed by atoms with van der Waals surface area (Å²) in [6.07, 6.45) is 2.49. The Morgan fingerprint density at radius 1 is 1.16 bits per heavy atom. The number of aliphatic hydroxyl groups excluding tert-OH is 2.